The monoisotopic (exact) mass is 264 g/mol. The number of allylic oxidation sites excluding steroid dienone is 1. The van der Waals surface area contributed by atoms with Gasteiger partial charge in [-0.05, 0) is 25.8 Å². The van der Waals surface area contributed by atoms with Crippen molar-refractivity contribution in [3.8, 4) is 0 Å². The lowest BCUT2D eigenvalue weighted by molar-refractivity contribution is 0.468. The van der Waals surface area contributed by atoms with Crippen molar-refractivity contribution in [3.63, 3.8) is 0 Å². The smallest absolute Gasteiger partial charge is 0.138 e. The standard InChI is InChI=1S/C15H28N4/c1-12(2)10-19-15(17-11-18-19)9-14(5)7-6-8-16-13(3)4/h7,11-13,16H,6,8-10H2,1-5H3. The molecule has 1 rings (SSSR count). The Balaban J connectivity index is 2.45. The van der Waals surface area contributed by atoms with Gasteiger partial charge in [0.2, 0.25) is 0 Å². The molecule has 0 amide bonds. The number of hydrogen-bond donors (Lipinski definition) is 1. The van der Waals surface area contributed by atoms with Crippen LogP contribution in [-0.2, 0) is 13.0 Å². The van der Waals surface area contributed by atoms with E-state index in [1.54, 1.807) is 6.33 Å². The molecule has 0 aromatic carbocycles. The molecule has 1 aromatic heterocycles. The van der Waals surface area contributed by atoms with Gasteiger partial charge in [-0.2, -0.15) is 5.10 Å². The Bertz CT molecular complexity index is 391. The lowest BCUT2D eigenvalue weighted by atomic mass is 10.1. The summed E-state index contributed by atoms with van der Waals surface area (Å²) >= 11 is 0. The van der Waals surface area contributed by atoms with Gasteiger partial charge in [-0.1, -0.05) is 39.3 Å². The molecule has 0 spiro atoms. The summed E-state index contributed by atoms with van der Waals surface area (Å²) in [6.45, 7) is 12.9. The van der Waals surface area contributed by atoms with E-state index in [1.807, 2.05) is 4.68 Å². The van der Waals surface area contributed by atoms with Crippen LogP contribution in [0.15, 0.2) is 18.0 Å². The zero-order valence-corrected chi connectivity index (χ0v) is 13.0. The molecule has 0 bridgehead atoms. The molecular weight excluding hydrogens is 236 g/mol. The number of aromatic nitrogens is 3. The molecule has 0 atom stereocenters. The van der Waals surface area contributed by atoms with Gasteiger partial charge in [0.15, 0.2) is 0 Å². The van der Waals surface area contributed by atoms with Crippen LogP contribution in [0.4, 0.5) is 0 Å². The van der Waals surface area contributed by atoms with Crippen LogP contribution in [0.3, 0.4) is 0 Å². The molecule has 1 aromatic rings. The van der Waals surface area contributed by atoms with Crippen molar-refractivity contribution < 1.29 is 0 Å². The van der Waals surface area contributed by atoms with E-state index in [4.69, 9.17) is 0 Å². The van der Waals surface area contributed by atoms with Crippen LogP contribution in [0.25, 0.3) is 0 Å². The molecular formula is C15H28N4. The molecule has 1 N–H and O–H groups in total. The van der Waals surface area contributed by atoms with Gasteiger partial charge in [-0.3, -0.25) is 0 Å². The molecule has 1 heterocycles. The molecule has 0 saturated carbocycles. The number of hydrogen-bond acceptors (Lipinski definition) is 3. The highest BCUT2D eigenvalue weighted by molar-refractivity contribution is 5.06. The first-order valence-corrected chi connectivity index (χ1v) is 7.24. The van der Waals surface area contributed by atoms with Crippen LogP contribution in [0.5, 0.6) is 0 Å². The van der Waals surface area contributed by atoms with Crippen LogP contribution >= 0.6 is 0 Å². The van der Waals surface area contributed by atoms with Crippen molar-refractivity contribution in [1.82, 2.24) is 20.1 Å². The van der Waals surface area contributed by atoms with Crippen molar-refractivity contribution in [2.24, 2.45) is 5.92 Å². The predicted molar refractivity (Wildman–Crippen MR) is 80.1 cm³/mol. The summed E-state index contributed by atoms with van der Waals surface area (Å²) in [5.41, 5.74) is 1.36. The average Bonchev–Trinajstić information content (AvgIpc) is 2.71. The van der Waals surface area contributed by atoms with Crippen molar-refractivity contribution in [2.45, 2.75) is 60.0 Å². The third-order valence-electron chi connectivity index (χ3n) is 2.86. The Morgan fingerprint density at radius 3 is 2.74 bits per heavy atom. The predicted octanol–water partition coefficient (Wildman–Crippen LogP) is 2.81. The third-order valence-corrected chi connectivity index (χ3v) is 2.86. The maximum Gasteiger partial charge on any atom is 0.138 e. The summed E-state index contributed by atoms with van der Waals surface area (Å²) in [6, 6.07) is 0.558. The van der Waals surface area contributed by atoms with Gasteiger partial charge in [0.25, 0.3) is 0 Å². The fourth-order valence-electron chi connectivity index (χ4n) is 1.94. The van der Waals surface area contributed by atoms with Crippen LogP contribution in [0.2, 0.25) is 0 Å². The summed E-state index contributed by atoms with van der Waals surface area (Å²) in [5.74, 6) is 1.67. The van der Waals surface area contributed by atoms with E-state index in [2.05, 4.69) is 56.1 Å². The number of nitrogens with zero attached hydrogens (tertiary/aromatic N) is 3. The Labute approximate surface area is 117 Å². The highest BCUT2D eigenvalue weighted by Gasteiger charge is 2.06. The molecule has 0 aliphatic rings. The Morgan fingerprint density at radius 2 is 2.11 bits per heavy atom. The first-order chi connectivity index (χ1) is 8.99. The molecule has 0 unspecified atom stereocenters. The summed E-state index contributed by atoms with van der Waals surface area (Å²) in [7, 11) is 0. The average molecular weight is 264 g/mol. The van der Waals surface area contributed by atoms with Gasteiger partial charge in [-0.25, -0.2) is 9.67 Å². The van der Waals surface area contributed by atoms with Crippen LogP contribution in [0.1, 0.15) is 46.9 Å². The fraction of sp³-hybridized carbons (Fsp3) is 0.733. The van der Waals surface area contributed by atoms with Gasteiger partial charge in [0.05, 0.1) is 0 Å². The topological polar surface area (TPSA) is 42.7 Å². The summed E-state index contributed by atoms with van der Waals surface area (Å²) in [4.78, 5) is 4.36. The first kappa shape index (κ1) is 15.9. The summed E-state index contributed by atoms with van der Waals surface area (Å²) in [6.07, 6.45) is 5.92. The van der Waals surface area contributed by atoms with Gasteiger partial charge < -0.3 is 5.32 Å². The number of rotatable bonds is 8. The van der Waals surface area contributed by atoms with Crippen molar-refractivity contribution in [3.05, 3.63) is 23.8 Å². The largest absolute Gasteiger partial charge is 0.314 e. The Kier molecular flexibility index (Phi) is 6.78. The van der Waals surface area contributed by atoms with Gasteiger partial charge in [-0.15, -0.1) is 0 Å². The molecule has 0 aliphatic carbocycles. The van der Waals surface area contributed by atoms with Gasteiger partial charge >= 0.3 is 0 Å². The molecule has 4 heteroatoms. The van der Waals surface area contributed by atoms with E-state index in [1.165, 1.54) is 5.57 Å². The SMILES string of the molecule is CC(=CCCNC(C)C)Cc1ncnn1CC(C)C. The second kappa shape index (κ2) is 8.10. The molecule has 19 heavy (non-hydrogen) atoms. The third kappa shape index (κ3) is 6.53. The van der Waals surface area contributed by atoms with E-state index in [9.17, 15) is 0 Å². The quantitative estimate of drug-likeness (QED) is 0.580. The fourth-order valence-corrected chi connectivity index (χ4v) is 1.94. The van der Waals surface area contributed by atoms with E-state index in [0.717, 1.165) is 31.8 Å². The van der Waals surface area contributed by atoms with Gasteiger partial charge in [0.1, 0.15) is 12.2 Å². The maximum atomic E-state index is 4.36. The Morgan fingerprint density at radius 1 is 1.37 bits per heavy atom. The van der Waals surface area contributed by atoms with E-state index < -0.39 is 0 Å². The first-order valence-electron chi connectivity index (χ1n) is 7.24. The molecule has 0 aliphatic heterocycles. The normalized spacial score (nSPS) is 12.7. The van der Waals surface area contributed by atoms with E-state index in [0.29, 0.717) is 12.0 Å². The highest BCUT2D eigenvalue weighted by atomic mass is 15.3. The Hall–Kier alpha value is -1.16. The second-order valence-electron chi connectivity index (χ2n) is 5.88. The second-order valence-corrected chi connectivity index (χ2v) is 5.88. The maximum absolute atomic E-state index is 4.36. The van der Waals surface area contributed by atoms with Crippen molar-refractivity contribution in [1.29, 1.82) is 0 Å². The zero-order chi connectivity index (χ0) is 14.3. The minimum atomic E-state index is 0.558. The molecule has 108 valence electrons. The van der Waals surface area contributed by atoms with Crippen molar-refractivity contribution in [2.75, 3.05) is 6.54 Å². The van der Waals surface area contributed by atoms with Crippen LogP contribution in [0, 0.1) is 5.92 Å². The highest BCUT2D eigenvalue weighted by Crippen LogP contribution is 2.07. The molecule has 0 saturated heterocycles. The van der Waals surface area contributed by atoms with E-state index in [-0.39, 0.29) is 0 Å². The van der Waals surface area contributed by atoms with Crippen molar-refractivity contribution >= 4 is 0 Å². The van der Waals surface area contributed by atoms with E-state index >= 15 is 0 Å². The summed E-state index contributed by atoms with van der Waals surface area (Å²) < 4.78 is 2.02. The minimum absolute atomic E-state index is 0.558. The molecule has 4 nitrogen and oxygen atoms in total. The summed E-state index contributed by atoms with van der Waals surface area (Å²) in [5, 5.41) is 7.71. The lowest BCUT2D eigenvalue weighted by Crippen LogP contribution is -2.23. The van der Waals surface area contributed by atoms with Crippen LogP contribution in [-0.4, -0.2) is 27.4 Å². The van der Waals surface area contributed by atoms with Crippen LogP contribution < -0.4 is 5.32 Å². The minimum Gasteiger partial charge on any atom is -0.314 e. The zero-order valence-electron chi connectivity index (χ0n) is 13.0. The molecule has 0 fully saturated rings. The molecule has 0 radical (unpaired) electrons. The number of nitrogens with one attached hydrogen (secondary N) is 1. The lowest BCUT2D eigenvalue weighted by Gasteiger charge is -2.09. The van der Waals surface area contributed by atoms with Gasteiger partial charge in [0, 0.05) is 19.0 Å².